The summed E-state index contributed by atoms with van der Waals surface area (Å²) >= 11 is 0. The van der Waals surface area contributed by atoms with Crippen molar-refractivity contribution in [3.8, 4) is 6.07 Å². The minimum atomic E-state index is -4.43. The van der Waals surface area contributed by atoms with E-state index >= 15 is 0 Å². The first kappa shape index (κ1) is 14.3. The molecule has 1 aliphatic rings. The Balaban J connectivity index is 2.47. The van der Waals surface area contributed by atoms with Crippen molar-refractivity contribution in [1.29, 1.82) is 5.26 Å². The number of hydrogen-bond donors (Lipinski definition) is 1. The van der Waals surface area contributed by atoms with Crippen LogP contribution in [0, 0.1) is 17.2 Å². The maximum absolute atomic E-state index is 12.5. The Morgan fingerprint density at radius 3 is 2.65 bits per heavy atom. The predicted octanol–water partition coefficient (Wildman–Crippen LogP) is 1.76. The summed E-state index contributed by atoms with van der Waals surface area (Å²) in [6.45, 7) is 3.65. The molecule has 2 unspecified atom stereocenters. The molecule has 2 atom stereocenters. The standard InChI is InChI=1S/C11H18F3N3/c1-2-17(8-10-4-3-5-16-10)7-9(6-15)11(12,13)14/h9-10,16H,2-5,7-8H2,1H3. The smallest absolute Gasteiger partial charge is 0.313 e. The monoisotopic (exact) mass is 249 g/mol. The molecule has 98 valence electrons. The lowest BCUT2D eigenvalue weighted by molar-refractivity contribution is -0.163. The second kappa shape index (κ2) is 6.22. The van der Waals surface area contributed by atoms with Gasteiger partial charge in [-0.3, -0.25) is 0 Å². The van der Waals surface area contributed by atoms with E-state index in [4.69, 9.17) is 5.26 Å². The molecule has 0 spiro atoms. The Morgan fingerprint density at radius 1 is 1.53 bits per heavy atom. The number of nitrogens with zero attached hydrogens (tertiary/aromatic N) is 2. The van der Waals surface area contributed by atoms with Crippen LogP contribution in [0.15, 0.2) is 0 Å². The fourth-order valence-corrected chi connectivity index (χ4v) is 2.03. The van der Waals surface area contributed by atoms with Crippen molar-refractivity contribution < 1.29 is 13.2 Å². The summed E-state index contributed by atoms with van der Waals surface area (Å²) in [7, 11) is 0. The van der Waals surface area contributed by atoms with Crippen molar-refractivity contribution in [2.75, 3.05) is 26.2 Å². The van der Waals surface area contributed by atoms with E-state index in [0.29, 0.717) is 13.1 Å². The highest BCUT2D eigenvalue weighted by molar-refractivity contribution is 4.91. The van der Waals surface area contributed by atoms with Gasteiger partial charge in [-0.2, -0.15) is 18.4 Å². The first-order valence-corrected chi connectivity index (χ1v) is 5.89. The molecule has 0 aromatic carbocycles. The van der Waals surface area contributed by atoms with Gasteiger partial charge in [0.05, 0.1) is 6.07 Å². The van der Waals surface area contributed by atoms with Crippen molar-refractivity contribution in [1.82, 2.24) is 10.2 Å². The van der Waals surface area contributed by atoms with Crippen molar-refractivity contribution in [2.45, 2.75) is 32.0 Å². The minimum absolute atomic E-state index is 0.228. The maximum Gasteiger partial charge on any atom is 0.405 e. The lowest BCUT2D eigenvalue weighted by atomic mass is 10.1. The number of rotatable bonds is 5. The Bertz CT molecular complexity index is 266. The zero-order chi connectivity index (χ0) is 12.9. The summed E-state index contributed by atoms with van der Waals surface area (Å²) in [4.78, 5) is 1.70. The van der Waals surface area contributed by atoms with Gasteiger partial charge in [-0.15, -0.1) is 0 Å². The van der Waals surface area contributed by atoms with Crippen LogP contribution in [0.3, 0.4) is 0 Å². The summed E-state index contributed by atoms with van der Waals surface area (Å²) in [5, 5.41) is 11.8. The average molecular weight is 249 g/mol. The SMILES string of the molecule is CCN(CC1CCCN1)CC(C#N)C(F)(F)F. The molecule has 0 radical (unpaired) electrons. The third-order valence-corrected chi connectivity index (χ3v) is 3.08. The Kier molecular flexibility index (Phi) is 5.22. The molecule has 0 aromatic heterocycles. The van der Waals surface area contributed by atoms with Crippen LogP contribution in [-0.4, -0.2) is 43.3 Å². The van der Waals surface area contributed by atoms with Gasteiger partial charge in [0.15, 0.2) is 5.92 Å². The van der Waals surface area contributed by atoms with Gasteiger partial charge in [-0.1, -0.05) is 6.92 Å². The van der Waals surface area contributed by atoms with Crippen molar-refractivity contribution in [3.63, 3.8) is 0 Å². The van der Waals surface area contributed by atoms with E-state index in [1.807, 2.05) is 6.92 Å². The highest BCUT2D eigenvalue weighted by Crippen LogP contribution is 2.26. The van der Waals surface area contributed by atoms with Crippen LogP contribution < -0.4 is 5.32 Å². The second-order valence-electron chi connectivity index (χ2n) is 4.37. The maximum atomic E-state index is 12.5. The fraction of sp³-hybridized carbons (Fsp3) is 0.909. The van der Waals surface area contributed by atoms with Crippen LogP contribution in [0.25, 0.3) is 0 Å². The summed E-state index contributed by atoms with van der Waals surface area (Å²) < 4.78 is 37.4. The number of hydrogen-bond acceptors (Lipinski definition) is 3. The Labute approximate surface area is 99.6 Å². The largest absolute Gasteiger partial charge is 0.405 e. The Hall–Kier alpha value is -0.800. The van der Waals surface area contributed by atoms with E-state index in [1.165, 1.54) is 6.07 Å². The minimum Gasteiger partial charge on any atom is -0.313 e. The quantitative estimate of drug-likeness (QED) is 0.807. The lowest BCUT2D eigenvalue weighted by Crippen LogP contribution is -2.42. The number of nitrogens with one attached hydrogen (secondary N) is 1. The van der Waals surface area contributed by atoms with Crippen LogP contribution >= 0.6 is 0 Å². The van der Waals surface area contributed by atoms with Gasteiger partial charge in [0.1, 0.15) is 0 Å². The number of alkyl halides is 3. The molecule has 0 aromatic rings. The van der Waals surface area contributed by atoms with Crippen LogP contribution in [0.1, 0.15) is 19.8 Å². The normalized spacial score (nSPS) is 22.7. The zero-order valence-electron chi connectivity index (χ0n) is 9.93. The highest BCUT2D eigenvalue weighted by atomic mass is 19.4. The van der Waals surface area contributed by atoms with E-state index < -0.39 is 12.1 Å². The molecule has 1 fully saturated rings. The van der Waals surface area contributed by atoms with E-state index in [1.54, 1.807) is 4.90 Å². The van der Waals surface area contributed by atoms with Gasteiger partial charge < -0.3 is 10.2 Å². The third-order valence-electron chi connectivity index (χ3n) is 3.08. The van der Waals surface area contributed by atoms with Gasteiger partial charge in [-0.25, -0.2) is 0 Å². The molecule has 3 nitrogen and oxygen atoms in total. The summed E-state index contributed by atoms with van der Waals surface area (Å²) in [5.41, 5.74) is 0. The molecule has 0 bridgehead atoms. The zero-order valence-corrected chi connectivity index (χ0v) is 9.93. The third kappa shape index (κ3) is 4.52. The molecule has 1 heterocycles. The van der Waals surface area contributed by atoms with Gasteiger partial charge in [0.2, 0.25) is 0 Å². The van der Waals surface area contributed by atoms with Gasteiger partial charge in [0.25, 0.3) is 0 Å². The van der Waals surface area contributed by atoms with Gasteiger partial charge in [-0.05, 0) is 25.9 Å². The van der Waals surface area contributed by atoms with Crippen molar-refractivity contribution in [2.24, 2.45) is 5.92 Å². The highest BCUT2D eigenvalue weighted by Gasteiger charge is 2.40. The van der Waals surface area contributed by atoms with E-state index in [0.717, 1.165) is 19.4 Å². The topological polar surface area (TPSA) is 39.1 Å². The van der Waals surface area contributed by atoms with Crippen molar-refractivity contribution in [3.05, 3.63) is 0 Å². The number of halogens is 3. The second-order valence-corrected chi connectivity index (χ2v) is 4.37. The molecule has 0 aliphatic carbocycles. The van der Waals surface area contributed by atoms with E-state index in [2.05, 4.69) is 5.32 Å². The van der Waals surface area contributed by atoms with Crippen LogP contribution in [-0.2, 0) is 0 Å². The molecule has 0 saturated carbocycles. The molecule has 0 amide bonds. The van der Waals surface area contributed by atoms with E-state index in [-0.39, 0.29) is 12.6 Å². The van der Waals surface area contributed by atoms with Gasteiger partial charge in [0, 0.05) is 19.1 Å². The van der Waals surface area contributed by atoms with Crippen LogP contribution in [0.2, 0.25) is 0 Å². The van der Waals surface area contributed by atoms with E-state index in [9.17, 15) is 13.2 Å². The molecule has 1 aliphatic heterocycles. The molecule has 6 heteroatoms. The number of likely N-dealkylation sites (N-methyl/N-ethyl adjacent to an activating group) is 1. The molecular formula is C11H18F3N3. The predicted molar refractivity (Wildman–Crippen MR) is 58.3 cm³/mol. The number of nitriles is 1. The Morgan fingerprint density at radius 2 is 2.24 bits per heavy atom. The van der Waals surface area contributed by atoms with Gasteiger partial charge >= 0.3 is 6.18 Å². The van der Waals surface area contributed by atoms with Crippen LogP contribution in [0.4, 0.5) is 13.2 Å². The first-order valence-electron chi connectivity index (χ1n) is 5.89. The molecule has 1 N–H and O–H groups in total. The summed E-state index contributed by atoms with van der Waals surface area (Å²) in [5.74, 6) is -1.89. The van der Waals surface area contributed by atoms with Crippen LogP contribution in [0.5, 0.6) is 0 Å². The summed E-state index contributed by atoms with van der Waals surface area (Å²) in [6, 6.07) is 1.61. The first-order chi connectivity index (χ1) is 7.97. The average Bonchev–Trinajstić information content (AvgIpc) is 2.74. The molecule has 1 saturated heterocycles. The fourth-order valence-electron chi connectivity index (χ4n) is 2.03. The summed E-state index contributed by atoms with van der Waals surface area (Å²) in [6.07, 6.45) is -2.35. The molecule has 1 rings (SSSR count). The molecular weight excluding hydrogens is 231 g/mol. The molecule has 17 heavy (non-hydrogen) atoms. The lowest BCUT2D eigenvalue weighted by Gasteiger charge is -2.26. The van der Waals surface area contributed by atoms with Crippen molar-refractivity contribution >= 4 is 0 Å².